The van der Waals surface area contributed by atoms with E-state index in [1.165, 1.54) is 22.3 Å². The third-order valence-electron chi connectivity index (χ3n) is 8.25. The molecule has 0 amide bonds. The number of hydrogen-bond acceptors (Lipinski definition) is 3. The summed E-state index contributed by atoms with van der Waals surface area (Å²) in [4.78, 5) is 8.93. The number of benzene rings is 5. The Hall–Kier alpha value is -5.15. The number of hydrogen-bond donors (Lipinski definition) is 0. The summed E-state index contributed by atoms with van der Waals surface area (Å²) < 4.78 is 6.12. The van der Waals surface area contributed by atoms with Gasteiger partial charge in [-0.1, -0.05) is 115 Å². The molecule has 8 rings (SSSR count). The van der Waals surface area contributed by atoms with Crippen LogP contribution in [-0.4, -0.2) is 9.97 Å². The van der Waals surface area contributed by atoms with Crippen LogP contribution in [-0.2, 0) is 26.5 Å². The minimum Gasteiger partial charge on any atom is -0.501 e. The Morgan fingerprint density at radius 1 is 0.617 bits per heavy atom. The molecule has 3 heterocycles. The Labute approximate surface area is 289 Å². The summed E-state index contributed by atoms with van der Waals surface area (Å²) in [7, 11) is 0. The fourth-order valence-corrected chi connectivity index (χ4v) is 5.76. The number of aromatic nitrogens is 2. The van der Waals surface area contributed by atoms with Crippen LogP contribution >= 0.6 is 0 Å². The number of para-hydroxylation sites is 1. The molecule has 231 valence electrons. The van der Waals surface area contributed by atoms with E-state index in [2.05, 4.69) is 120 Å². The van der Waals surface area contributed by atoms with Gasteiger partial charge in [-0.05, 0) is 58.6 Å². The molecule has 3 aromatic heterocycles. The second-order valence-electron chi connectivity index (χ2n) is 11.3. The molecule has 0 saturated carbocycles. The Morgan fingerprint density at radius 3 is 2.13 bits per heavy atom. The molecule has 3 nitrogen and oxygen atoms in total. The average Bonchev–Trinajstić information content (AvgIpc) is 3.52. The molecule has 5 aromatic carbocycles. The van der Waals surface area contributed by atoms with Crippen LogP contribution in [0.5, 0.6) is 0 Å². The zero-order valence-electron chi connectivity index (χ0n) is 25.9. The molecule has 47 heavy (non-hydrogen) atoms. The van der Waals surface area contributed by atoms with Crippen LogP contribution in [0.25, 0.3) is 44.5 Å². The number of nitrogens with zero attached hydrogens (tertiary/aromatic N) is 2. The summed E-state index contributed by atoms with van der Waals surface area (Å²) in [6, 6.07) is 56.2. The van der Waals surface area contributed by atoms with Gasteiger partial charge < -0.3 is 14.4 Å². The molecule has 0 aliphatic heterocycles. The Morgan fingerprint density at radius 2 is 1.36 bits per heavy atom. The second kappa shape index (κ2) is 15.0. The van der Waals surface area contributed by atoms with E-state index in [1.54, 1.807) is 0 Å². The monoisotopic (exact) mass is 785 g/mol. The van der Waals surface area contributed by atoms with E-state index in [0.717, 1.165) is 50.9 Å². The zero-order valence-corrected chi connectivity index (χ0v) is 28.3. The molecule has 1 atom stereocenters. The first-order chi connectivity index (χ1) is 22.7. The SMILES string of the molecule is CC(c1c[c-]c(-c2ccccn2)cc1)c1ccccc1.[Ir].[c-]1ccc2c(oc3ccccc32)c1-c1cc(Cc2ccccc2)ccn1. The molecular formula is C43H32IrN2O-2. The van der Waals surface area contributed by atoms with Crippen LogP contribution in [0.1, 0.15) is 35.1 Å². The summed E-state index contributed by atoms with van der Waals surface area (Å²) in [6.07, 6.45) is 4.55. The van der Waals surface area contributed by atoms with E-state index in [-0.39, 0.29) is 20.1 Å². The first-order valence-electron chi connectivity index (χ1n) is 15.5. The van der Waals surface area contributed by atoms with Crippen molar-refractivity contribution >= 4 is 21.9 Å². The van der Waals surface area contributed by atoms with Crippen LogP contribution < -0.4 is 0 Å². The van der Waals surface area contributed by atoms with E-state index in [9.17, 15) is 0 Å². The summed E-state index contributed by atoms with van der Waals surface area (Å²) in [5.74, 6) is 0.380. The molecule has 0 spiro atoms. The van der Waals surface area contributed by atoms with Crippen molar-refractivity contribution in [3.8, 4) is 22.5 Å². The quantitative estimate of drug-likeness (QED) is 0.158. The van der Waals surface area contributed by atoms with Gasteiger partial charge in [-0.2, -0.15) is 0 Å². The largest absolute Gasteiger partial charge is 0.501 e. The minimum absolute atomic E-state index is 0. The van der Waals surface area contributed by atoms with E-state index in [4.69, 9.17) is 4.42 Å². The van der Waals surface area contributed by atoms with Gasteiger partial charge in [-0.3, -0.25) is 0 Å². The van der Waals surface area contributed by atoms with Crippen LogP contribution in [0, 0.1) is 12.1 Å². The summed E-state index contributed by atoms with van der Waals surface area (Å²) >= 11 is 0. The molecule has 1 unspecified atom stereocenters. The van der Waals surface area contributed by atoms with Crippen molar-refractivity contribution in [2.24, 2.45) is 0 Å². The molecular weight excluding hydrogens is 753 g/mol. The molecule has 4 heteroatoms. The van der Waals surface area contributed by atoms with Crippen molar-refractivity contribution in [3.05, 3.63) is 192 Å². The number of fused-ring (bicyclic) bond motifs is 3. The van der Waals surface area contributed by atoms with Gasteiger partial charge in [0.2, 0.25) is 0 Å². The van der Waals surface area contributed by atoms with E-state index >= 15 is 0 Å². The van der Waals surface area contributed by atoms with Gasteiger partial charge in [0, 0.05) is 37.9 Å². The van der Waals surface area contributed by atoms with Crippen molar-refractivity contribution in [1.29, 1.82) is 0 Å². The van der Waals surface area contributed by atoms with Crippen molar-refractivity contribution < 1.29 is 24.5 Å². The summed E-state index contributed by atoms with van der Waals surface area (Å²) in [5, 5.41) is 2.22. The third-order valence-corrected chi connectivity index (χ3v) is 8.25. The van der Waals surface area contributed by atoms with E-state index in [0.29, 0.717) is 5.92 Å². The topological polar surface area (TPSA) is 38.9 Å². The molecule has 0 bridgehead atoms. The average molecular weight is 785 g/mol. The first-order valence-corrected chi connectivity index (χ1v) is 15.5. The molecule has 8 aromatic rings. The van der Waals surface area contributed by atoms with Gasteiger partial charge in [0.25, 0.3) is 0 Å². The first kappa shape index (κ1) is 31.8. The van der Waals surface area contributed by atoms with Crippen molar-refractivity contribution in [1.82, 2.24) is 9.97 Å². The number of pyridine rings is 2. The molecule has 0 N–H and O–H groups in total. The fourth-order valence-electron chi connectivity index (χ4n) is 5.76. The van der Waals surface area contributed by atoms with Crippen molar-refractivity contribution in [2.75, 3.05) is 0 Å². The van der Waals surface area contributed by atoms with Gasteiger partial charge in [0.15, 0.2) is 0 Å². The Bertz CT molecular complexity index is 2180. The Kier molecular flexibility index (Phi) is 10.1. The Balaban J connectivity index is 0.000000167. The van der Waals surface area contributed by atoms with Gasteiger partial charge in [0.05, 0.1) is 5.58 Å². The van der Waals surface area contributed by atoms with Gasteiger partial charge in [0.1, 0.15) is 5.58 Å². The smallest absolute Gasteiger partial charge is 0.120 e. The second-order valence-corrected chi connectivity index (χ2v) is 11.3. The van der Waals surface area contributed by atoms with Crippen molar-refractivity contribution in [2.45, 2.75) is 19.3 Å². The van der Waals surface area contributed by atoms with E-state index < -0.39 is 0 Å². The molecule has 0 fully saturated rings. The van der Waals surface area contributed by atoms with Gasteiger partial charge >= 0.3 is 0 Å². The maximum Gasteiger partial charge on any atom is 0.120 e. The van der Waals surface area contributed by atoms with E-state index in [1.807, 2.05) is 67.0 Å². The fraction of sp³-hybridized carbons (Fsp3) is 0.0698. The molecule has 0 saturated heterocycles. The normalized spacial score (nSPS) is 11.3. The summed E-state index contributed by atoms with van der Waals surface area (Å²) in [6.45, 7) is 2.22. The summed E-state index contributed by atoms with van der Waals surface area (Å²) in [5.41, 5.74) is 10.7. The van der Waals surface area contributed by atoms with Crippen molar-refractivity contribution in [3.63, 3.8) is 0 Å². The van der Waals surface area contributed by atoms with Crippen LogP contribution in [0.4, 0.5) is 0 Å². The standard InChI is InChI=1S/C24H16NO.C19H16N.Ir/c1-2-7-17(8-3-1)15-18-13-14-25-22(16-18)21-11-6-10-20-19-9-4-5-12-23(19)26-24(20)21;1-15(16-7-3-2-4-8-16)17-10-12-18(13-11-17)19-9-5-6-14-20-19;/h1-10,12-14,16H,15H2;2-12,14-15H,1H3;/q2*-1;. The van der Waals surface area contributed by atoms with Gasteiger partial charge in [-0.25, -0.2) is 0 Å². The maximum absolute atomic E-state index is 6.12. The van der Waals surface area contributed by atoms with Gasteiger partial charge in [-0.15, -0.1) is 53.6 Å². The molecule has 0 aliphatic rings. The number of rotatable bonds is 6. The predicted molar refractivity (Wildman–Crippen MR) is 188 cm³/mol. The predicted octanol–water partition coefficient (Wildman–Crippen LogP) is 10.7. The van der Waals surface area contributed by atoms with Crippen LogP contribution in [0.3, 0.4) is 0 Å². The minimum atomic E-state index is 0. The molecule has 0 aliphatic carbocycles. The number of furan rings is 1. The maximum atomic E-state index is 6.12. The zero-order chi connectivity index (χ0) is 31.1. The van der Waals surface area contributed by atoms with Crippen LogP contribution in [0.15, 0.2) is 162 Å². The third kappa shape index (κ3) is 7.31. The van der Waals surface area contributed by atoms with Crippen LogP contribution in [0.2, 0.25) is 0 Å². The molecule has 1 radical (unpaired) electrons.